The Balaban J connectivity index is 2.71. The van der Waals surface area contributed by atoms with E-state index >= 15 is 0 Å². The molecule has 0 radical (unpaired) electrons. The van der Waals surface area contributed by atoms with E-state index in [2.05, 4.69) is 10.3 Å². The van der Waals surface area contributed by atoms with Gasteiger partial charge in [0, 0.05) is 11.9 Å². The number of aliphatic hydroxyl groups excluding tert-OH is 1. The Hall–Kier alpha value is -2.29. The number of alkyl halides is 6. The first-order valence-corrected chi connectivity index (χ1v) is 7.16. The molecule has 1 atom stereocenters. The van der Waals surface area contributed by atoms with E-state index < -0.39 is 35.2 Å². The molecule has 0 aliphatic carbocycles. The number of para-hydroxylation sites is 1. The summed E-state index contributed by atoms with van der Waals surface area (Å²) in [6.45, 7) is 1.51. The van der Waals surface area contributed by atoms with E-state index in [1.807, 2.05) is 0 Å². The number of hydrogen-bond acceptors (Lipinski definition) is 3. The number of pyridine rings is 1. The minimum absolute atomic E-state index is 0.170. The van der Waals surface area contributed by atoms with Gasteiger partial charge in [-0.05, 0) is 30.8 Å². The van der Waals surface area contributed by atoms with Crippen LogP contribution in [0.25, 0.3) is 10.9 Å². The maximum Gasteiger partial charge on any atom is 0.433 e. The van der Waals surface area contributed by atoms with Crippen LogP contribution in [0.1, 0.15) is 29.8 Å². The van der Waals surface area contributed by atoms with Crippen LogP contribution in [-0.2, 0) is 12.4 Å². The zero-order valence-corrected chi connectivity index (χ0v) is 12.9. The van der Waals surface area contributed by atoms with E-state index in [1.165, 1.54) is 12.3 Å². The standard InChI is InChI=1S/C16H14F6N2O/c1-2-6-23-8-12(25)10-7-13(16(20,21)22)24-14-9(10)4-3-5-11(14)15(17,18)19/h2-7,12,23,25H,8H2,1H3/b6-2+. The zero-order chi connectivity index (χ0) is 18.8. The number of aromatic nitrogens is 1. The van der Waals surface area contributed by atoms with Crippen molar-refractivity contribution in [1.29, 1.82) is 0 Å². The maximum absolute atomic E-state index is 13.1. The molecular weight excluding hydrogens is 350 g/mol. The molecule has 136 valence electrons. The summed E-state index contributed by atoms with van der Waals surface area (Å²) in [6, 6.07) is 3.50. The Kier molecular flexibility index (Phi) is 5.26. The van der Waals surface area contributed by atoms with Crippen LogP contribution in [0.5, 0.6) is 0 Å². The lowest BCUT2D eigenvalue weighted by molar-refractivity contribution is -0.142. The summed E-state index contributed by atoms with van der Waals surface area (Å²) in [7, 11) is 0. The Morgan fingerprint density at radius 2 is 1.84 bits per heavy atom. The number of allylic oxidation sites excluding steroid dienone is 1. The van der Waals surface area contributed by atoms with Crippen molar-refractivity contribution in [3.05, 3.63) is 53.4 Å². The number of rotatable bonds is 4. The Labute approximate surface area is 139 Å². The van der Waals surface area contributed by atoms with Crippen molar-refractivity contribution >= 4 is 10.9 Å². The summed E-state index contributed by atoms with van der Waals surface area (Å²) < 4.78 is 78.5. The van der Waals surface area contributed by atoms with Crippen molar-refractivity contribution in [3.63, 3.8) is 0 Å². The van der Waals surface area contributed by atoms with Crippen LogP contribution in [0, 0.1) is 0 Å². The number of fused-ring (bicyclic) bond motifs is 1. The third-order valence-corrected chi connectivity index (χ3v) is 3.42. The molecule has 1 heterocycles. The molecule has 0 amide bonds. The quantitative estimate of drug-likeness (QED) is 0.789. The van der Waals surface area contributed by atoms with Gasteiger partial charge in [0.15, 0.2) is 0 Å². The summed E-state index contributed by atoms with van der Waals surface area (Å²) in [6.07, 6.45) is -8.22. The molecule has 9 heteroatoms. The fourth-order valence-corrected chi connectivity index (χ4v) is 2.33. The average Bonchev–Trinajstić information content (AvgIpc) is 2.51. The number of hydrogen-bond donors (Lipinski definition) is 2. The third kappa shape index (κ3) is 4.22. The highest BCUT2D eigenvalue weighted by Gasteiger charge is 2.37. The van der Waals surface area contributed by atoms with Crippen molar-refractivity contribution in [2.45, 2.75) is 25.4 Å². The molecule has 0 bridgehead atoms. The van der Waals surface area contributed by atoms with Gasteiger partial charge in [0.25, 0.3) is 0 Å². The van der Waals surface area contributed by atoms with Crippen LogP contribution in [0.3, 0.4) is 0 Å². The molecule has 2 N–H and O–H groups in total. The van der Waals surface area contributed by atoms with E-state index in [4.69, 9.17) is 0 Å². The van der Waals surface area contributed by atoms with Crippen LogP contribution in [0.2, 0.25) is 0 Å². The molecule has 0 aliphatic heterocycles. The predicted octanol–water partition coefficient (Wildman–Crippen LogP) is 4.43. The molecule has 25 heavy (non-hydrogen) atoms. The van der Waals surface area contributed by atoms with Gasteiger partial charge in [0.05, 0.1) is 17.2 Å². The van der Waals surface area contributed by atoms with Gasteiger partial charge in [-0.15, -0.1) is 0 Å². The first-order valence-electron chi connectivity index (χ1n) is 7.16. The minimum Gasteiger partial charge on any atom is -0.388 e. The average molecular weight is 364 g/mol. The SMILES string of the molecule is C/C=C/NCC(O)c1cc(C(F)(F)F)nc2c(C(F)(F)F)cccc12. The normalized spacial score (nSPS) is 14.2. The van der Waals surface area contributed by atoms with Gasteiger partial charge in [0.2, 0.25) is 0 Å². The van der Waals surface area contributed by atoms with Crippen molar-refractivity contribution in [3.8, 4) is 0 Å². The summed E-state index contributed by atoms with van der Waals surface area (Å²) in [4.78, 5) is 3.16. The summed E-state index contributed by atoms with van der Waals surface area (Å²) in [5, 5.41) is 12.6. The molecule has 0 saturated heterocycles. The Morgan fingerprint density at radius 1 is 1.16 bits per heavy atom. The smallest absolute Gasteiger partial charge is 0.388 e. The van der Waals surface area contributed by atoms with E-state index in [0.717, 1.165) is 6.07 Å². The second-order valence-corrected chi connectivity index (χ2v) is 5.22. The third-order valence-electron chi connectivity index (χ3n) is 3.42. The highest BCUT2D eigenvalue weighted by atomic mass is 19.4. The van der Waals surface area contributed by atoms with Crippen LogP contribution in [-0.4, -0.2) is 16.6 Å². The van der Waals surface area contributed by atoms with E-state index in [-0.39, 0.29) is 17.5 Å². The minimum atomic E-state index is -4.95. The number of benzene rings is 1. The van der Waals surface area contributed by atoms with Crippen LogP contribution < -0.4 is 5.32 Å². The first-order chi connectivity index (χ1) is 11.6. The molecule has 1 aromatic carbocycles. The lowest BCUT2D eigenvalue weighted by Gasteiger charge is -2.18. The molecule has 0 spiro atoms. The van der Waals surface area contributed by atoms with Crippen molar-refractivity contribution in [1.82, 2.24) is 10.3 Å². The summed E-state index contributed by atoms with van der Waals surface area (Å²) in [5.74, 6) is 0. The van der Waals surface area contributed by atoms with Gasteiger partial charge < -0.3 is 10.4 Å². The molecule has 0 aliphatic rings. The molecule has 2 aromatic rings. The van der Waals surface area contributed by atoms with E-state index in [1.54, 1.807) is 13.0 Å². The second kappa shape index (κ2) is 6.91. The van der Waals surface area contributed by atoms with Crippen molar-refractivity contribution < 1.29 is 31.4 Å². The van der Waals surface area contributed by atoms with Crippen molar-refractivity contribution in [2.75, 3.05) is 6.54 Å². The van der Waals surface area contributed by atoms with E-state index in [0.29, 0.717) is 12.1 Å². The number of aliphatic hydroxyl groups is 1. The number of nitrogens with zero attached hydrogens (tertiary/aromatic N) is 1. The molecule has 1 aromatic heterocycles. The van der Waals surface area contributed by atoms with Gasteiger partial charge in [-0.3, -0.25) is 0 Å². The monoisotopic (exact) mass is 364 g/mol. The van der Waals surface area contributed by atoms with Gasteiger partial charge in [0.1, 0.15) is 5.69 Å². The first kappa shape index (κ1) is 19.0. The van der Waals surface area contributed by atoms with Gasteiger partial charge in [-0.25, -0.2) is 4.98 Å². The summed E-state index contributed by atoms with van der Waals surface area (Å²) in [5.41, 5.74) is -3.90. The van der Waals surface area contributed by atoms with E-state index in [9.17, 15) is 31.4 Å². The van der Waals surface area contributed by atoms with Gasteiger partial charge >= 0.3 is 12.4 Å². The lowest BCUT2D eigenvalue weighted by Crippen LogP contribution is -2.19. The highest BCUT2D eigenvalue weighted by molar-refractivity contribution is 5.86. The predicted molar refractivity (Wildman–Crippen MR) is 79.5 cm³/mol. The molecular formula is C16H14F6N2O. The Bertz CT molecular complexity index is 783. The van der Waals surface area contributed by atoms with Crippen LogP contribution in [0.15, 0.2) is 36.5 Å². The molecule has 0 saturated carbocycles. The van der Waals surface area contributed by atoms with Gasteiger partial charge in [-0.2, -0.15) is 26.3 Å². The number of halogens is 6. The fourth-order valence-electron chi connectivity index (χ4n) is 2.33. The largest absolute Gasteiger partial charge is 0.433 e. The topological polar surface area (TPSA) is 45.1 Å². The fraction of sp³-hybridized carbons (Fsp3) is 0.312. The van der Waals surface area contributed by atoms with Crippen LogP contribution >= 0.6 is 0 Å². The summed E-state index contributed by atoms with van der Waals surface area (Å²) >= 11 is 0. The molecule has 0 fully saturated rings. The maximum atomic E-state index is 13.1. The second-order valence-electron chi connectivity index (χ2n) is 5.22. The zero-order valence-electron chi connectivity index (χ0n) is 12.9. The van der Waals surface area contributed by atoms with Crippen LogP contribution in [0.4, 0.5) is 26.3 Å². The van der Waals surface area contributed by atoms with Gasteiger partial charge in [-0.1, -0.05) is 18.2 Å². The molecule has 1 unspecified atom stereocenters. The highest BCUT2D eigenvalue weighted by Crippen LogP contribution is 2.38. The number of nitrogens with one attached hydrogen (secondary N) is 1. The molecule has 3 nitrogen and oxygen atoms in total. The Morgan fingerprint density at radius 3 is 2.40 bits per heavy atom. The van der Waals surface area contributed by atoms with Crippen molar-refractivity contribution in [2.24, 2.45) is 0 Å². The lowest BCUT2D eigenvalue weighted by atomic mass is 9.99. The molecule has 2 rings (SSSR count).